The highest BCUT2D eigenvalue weighted by Gasteiger charge is 2.23. The van der Waals surface area contributed by atoms with Crippen LogP contribution in [0.25, 0.3) is 0 Å². The van der Waals surface area contributed by atoms with E-state index in [2.05, 4.69) is 0 Å². The molecule has 0 fully saturated rings. The second-order valence-corrected chi connectivity index (χ2v) is 7.73. The van der Waals surface area contributed by atoms with Crippen LogP contribution in [-0.4, -0.2) is 52.1 Å². The molecule has 0 N–H and O–H groups in total. The van der Waals surface area contributed by atoms with E-state index in [1.165, 1.54) is 7.05 Å². The average molecular weight is 411 g/mol. The van der Waals surface area contributed by atoms with Gasteiger partial charge in [-0.05, 0) is 55.5 Å². The molecule has 0 spiro atoms. The van der Waals surface area contributed by atoms with Gasteiger partial charge < -0.3 is 14.2 Å². The SMILES string of the molecule is CCOc1ccc(OCCOC(=O)CN(C)S(=O)(=O)c2ccc(F)cc2)cc1. The first-order chi connectivity index (χ1) is 13.3. The van der Waals surface area contributed by atoms with Crippen molar-refractivity contribution in [2.24, 2.45) is 0 Å². The molecule has 0 heterocycles. The van der Waals surface area contributed by atoms with Crippen molar-refractivity contribution in [1.29, 1.82) is 0 Å². The summed E-state index contributed by atoms with van der Waals surface area (Å²) in [4.78, 5) is 11.7. The molecule has 0 saturated heterocycles. The number of rotatable bonds is 10. The van der Waals surface area contributed by atoms with Gasteiger partial charge in [-0.25, -0.2) is 12.8 Å². The van der Waals surface area contributed by atoms with Crippen LogP contribution in [0.15, 0.2) is 53.4 Å². The fourth-order valence-corrected chi connectivity index (χ4v) is 3.33. The van der Waals surface area contributed by atoms with E-state index in [4.69, 9.17) is 14.2 Å². The molecule has 0 aliphatic carbocycles. The Morgan fingerprint density at radius 1 is 0.964 bits per heavy atom. The third-order valence-electron chi connectivity index (χ3n) is 3.62. The first-order valence-corrected chi connectivity index (χ1v) is 10.00. The summed E-state index contributed by atoms with van der Waals surface area (Å²) in [6, 6.07) is 11.3. The minimum atomic E-state index is -3.91. The normalized spacial score (nSPS) is 11.3. The molecule has 152 valence electrons. The highest BCUT2D eigenvalue weighted by atomic mass is 32.2. The van der Waals surface area contributed by atoms with E-state index in [9.17, 15) is 17.6 Å². The predicted octanol–water partition coefficient (Wildman–Crippen LogP) is 2.47. The number of benzene rings is 2. The summed E-state index contributed by atoms with van der Waals surface area (Å²) in [7, 11) is -2.66. The van der Waals surface area contributed by atoms with Crippen molar-refractivity contribution in [1.82, 2.24) is 4.31 Å². The summed E-state index contributed by atoms with van der Waals surface area (Å²) in [6.45, 7) is 2.08. The molecule has 9 heteroatoms. The number of ether oxygens (including phenoxy) is 3. The Balaban J connectivity index is 1.76. The molecule has 0 aliphatic rings. The van der Waals surface area contributed by atoms with Crippen LogP contribution in [-0.2, 0) is 19.6 Å². The van der Waals surface area contributed by atoms with E-state index in [1.54, 1.807) is 24.3 Å². The highest BCUT2D eigenvalue weighted by molar-refractivity contribution is 7.89. The summed E-state index contributed by atoms with van der Waals surface area (Å²) in [5, 5.41) is 0. The fourth-order valence-electron chi connectivity index (χ4n) is 2.21. The van der Waals surface area contributed by atoms with Crippen molar-refractivity contribution in [2.75, 3.05) is 33.4 Å². The number of esters is 1. The van der Waals surface area contributed by atoms with Gasteiger partial charge in [-0.2, -0.15) is 4.31 Å². The number of hydrogen-bond donors (Lipinski definition) is 0. The molecule has 0 unspecified atom stereocenters. The molecule has 0 amide bonds. The molecule has 0 bridgehead atoms. The number of halogens is 1. The zero-order valence-corrected chi connectivity index (χ0v) is 16.4. The molecule has 2 aromatic carbocycles. The Hall–Kier alpha value is -2.65. The monoisotopic (exact) mass is 411 g/mol. The van der Waals surface area contributed by atoms with Crippen molar-refractivity contribution in [3.63, 3.8) is 0 Å². The number of carbonyl (C=O) groups excluding carboxylic acids is 1. The molecule has 7 nitrogen and oxygen atoms in total. The zero-order valence-electron chi connectivity index (χ0n) is 15.6. The Morgan fingerprint density at radius 2 is 1.54 bits per heavy atom. The molecule has 0 aromatic heterocycles. The topological polar surface area (TPSA) is 82.1 Å². The second kappa shape index (κ2) is 10.0. The molecule has 0 saturated carbocycles. The zero-order chi connectivity index (χ0) is 20.6. The maximum atomic E-state index is 12.9. The molecular formula is C19H22FNO6S. The maximum Gasteiger partial charge on any atom is 0.321 e. The van der Waals surface area contributed by atoms with E-state index in [0.29, 0.717) is 12.4 Å². The molecular weight excluding hydrogens is 389 g/mol. The van der Waals surface area contributed by atoms with Gasteiger partial charge in [0.15, 0.2) is 0 Å². The first kappa shape index (κ1) is 21.6. The summed E-state index contributed by atoms with van der Waals surface area (Å²) >= 11 is 0. The third kappa shape index (κ3) is 6.21. The number of carbonyl (C=O) groups is 1. The molecule has 2 rings (SSSR count). The minimum absolute atomic E-state index is 0.0313. The lowest BCUT2D eigenvalue weighted by Crippen LogP contribution is -2.33. The van der Waals surface area contributed by atoms with Crippen LogP contribution in [0.1, 0.15) is 6.92 Å². The number of hydrogen-bond acceptors (Lipinski definition) is 6. The van der Waals surface area contributed by atoms with E-state index in [0.717, 1.165) is 34.3 Å². The number of nitrogens with zero attached hydrogens (tertiary/aromatic N) is 1. The van der Waals surface area contributed by atoms with E-state index in [1.807, 2.05) is 6.92 Å². The predicted molar refractivity (Wildman–Crippen MR) is 100 cm³/mol. The quantitative estimate of drug-likeness (QED) is 0.441. The average Bonchev–Trinajstić information content (AvgIpc) is 2.67. The molecule has 0 radical (unpaired) electrons. The summed E-state index contributed by atoms with van der Waals surface area (Å²) in [6.07, 6.45) is 0. The third-order valence-corrected chi connectivity index (χ3v) is 5.44. The smallest absolute Gasteiger partial charge is 0.321 e. The lowest BCUT2D eigenvalue weighted by Gasteiger charge is -2.16. The standard InChI is InChI=1S/C19H22FNO6S/c1-3-25-16-6-8-17(9-7-16)26-12-13-27-19(22)14-21(2)28(23,24)18-10-4-15(20)5-11-18/h4-11H,3,12-14H2,1-2H3. The van der Waals surface area contributed by atoms with Crippen molar-refractivity contribution in [3.05, 3.63) is 54.3 Å². The largest absolute Gasteiger partial charge is 0.494 e. The van der Waals surface area contributed by atoms with Crippen LogP contribution in [0.4, 0.5) is 4.39 Å². The van der Waals surface area contributed by atoms with Crippen molar-refractivity contribution in [2.45, 2.75) is 11.8 Å². The van der Waals surface area contributed by atoms with Crippen LogP contribution in [0.5, 0.6) is 11.5 Å². The molecule has 0 atom stereocenters. The molecule has 0 aliphatic heterocycles. The van der Waals surface area contributed by atoms with E-state index in [-0.39, 0.29) is 18.1 Å². The van der Waals surface area contributed by atoms with Gasteiger partial charge in [0, 0.05) is 7.05 Å². The molecule has 28 heavy (non-hydrogen) atoms. The fraction of sp³-hybridized carbons (Fsp3) is 0.316. The van der Waals surface area contributed by atoms with Crippen LogP contribution in [0.2, 0.25) is 0 Å². The van der Waals surface area contributed by atoms with Gasteiger partial charge in [-0.1, -0.05) is 0 Å². The van der Waals surface area contributed by atoms with Crippen LogP contribution >= 0.6 is 0 Å². The van der Waals surface area contributed by atoms with E-state index < -0.39 is 28.4 Å². The van der Waals surface area contributed by atoms with Crippen LogP contribution < -0.4 is 9.47 Å². The molecule has 2 aromatic rings. The maximum absolute atomic E-state index is 12.9. The first-order valence-electron chi connectivity index (χ1n) is 8.56. The van der Waals surface area contributed by atoms with Crippen LogP contribution in [0.3, 0.4) is 0 Å². The lowest BCUT2D eigenvalue weighted by molar-refractivity contribution is -0.144. The highest BCUT2D eigenvalue weighted by Crippen LogP contribution is 2.17. The van der Waals surface area contributed by atoms with Gasteiger partial charge in [0.25, 0.3) is 0 Å². The second-order valence-electron chi connectivity index (χ2n) is 5.69. The minimum Gasteiger partial charge on any atom is -0.494 e. The lowest BCUT2D eigenvalue weighted by atomic mass is 10.3. The Morgan fingerprint density at radius 3 is 2.11 bits per heavy atom. The Labute approximate surface area is 163 Å². The summed E-state index contributed by atoms with van der Waals surface area (Å²) in [5.41, 5.74) is 0. The number of likely N-dealkylation sites (N-methyl/N-ethyl adjacent to an activating group) is 1. The van der Waals surface area contributed by atoms with Gasteiger partial charge in [0.1, 0.15) is 37.1 Å². The Bertz CT molecular complexity index is 868. The van der Waals surface area contributed by atoms with Crippen molar-refractivity contribution >= 4 is 16.0 Å². The van der Waals surface area contributed by atoms with Gasteiger partial charge in [0.05, 0.1) is 11.5 Å². The van der Waals surface area contributed by atoms with Crippen molar-refractivity contribution in [3.8, 4) is 11.5 Å². The van der Waals surface area contributed by atoms with Gasteiger partial charge in [-0.15, -0.1) is 0 Å². The van der Waals surface area contributed by atoms with Crippen LogP contribution in [0, 0.1) is 5.82 Å². The number of sulfonamides is 1. The summed E-state index contributed by atoms with van der Waals surface area (Å²) < 4.78 is 54.2. The van der Waals surface area contributed by atoms with E-state index >= 15 is 0 Å². The van der Waals surface area contributed by atoms with Crippen molar-refractivity contribution < 1.29 is 31.8 Å². The Kier molecular flexibility index (Phi) is 7.77. The van der Waals surface area contributed by atoms with Gasteiger partial charge in [-0.3, -0.25) is 4.79 Å². The van der Waals surface area contributed by atoms with Gasteiger partial charge in [0.2, 0.25) is 10.0 Å². The van der Waals surface area contributed by atoms with Gasteiger partial charge >= 0.3 is 5.97 Å². The summed E-state index contributed by atoms with van der Waals surface area (Å²) in [5.74, 6) is 0.0548.